The van der Waals surface area contributed by atoms with Gasteiger partial charge in [-0.3, -0.25) is 4.79 Å². The van der Waals surface area contributed by atoms with Crippen LogP contribution in [0.2, 0.25) is 0 Å². The molecule has 0 heterocycles. The summed E-state index contributed by atoms with van der Waals surface area (Å²) >= 11 is 0. The Labute approximate surface area is 116 Å². The summed E-state index contributed by atoms with van der Waals surface area (Å²) in [6.45, 7) is 1.27. The van der Waals surface area contributed by atoms with Gasteiger partial charge in [-0.15, -0.1) is 0 Å². The van der Waals surface area contributed by atoms with Gasteiger partial charge in [0.05, 0.1) is 18.9 Å². The van der Waals surface area contributed by atoms with E-state index >= 15 is 0 Å². The SMILES string of the molecule is COc1ccc(/C(C)=N/O)c(OCC(=O)NCC#N)c1. The average Bonchev–Trinajstić information content (AvgIpc) is 2.49. The van der Waals surface area contributed by atoms with Crippen molar-refractivity contribution in [1.82, 2.24) is 5.32 Å². The van der Waals surface area contributed by atoms with Crippen molar-refractivity contribution in [2.45, 2.75) is 6.92 Å². The van der Waals surface area contributed by atoms with Crippen LogP contribution in [-0.2, 0) is 4.79 Å². The van der Waals surface area contributed by atoms with Gasteiger partial charge in [-0.05, 0) is 19.1 Å². The molecular formula is C13H15N3O4. The van der Waals surface area contributed by atoms with E-state index < -0.39 is 5.91 Å². The molecule has 0 aliphatic heterocycles. The first-order valence-corrected chi connectivity index (χ1v) is 5.76. The summed E-state index contributed by atoms with van der Waals surface area (Å²) in [6.07, 6.45) is 0. The Bertz CT molecular complexity index is 549. The van der Waals surface area contributed by atoms with Crippen molar-refractivity contribution in [1.29, 1.82) is 5.26 Å². The molecule has 0 bridgehead atoms. The number of ether oxygens (including phenoxy) is 2. The van der Waals surface area contributed by atoms with Crippen LogP contribution in [-0.4, -0.2) is 37.1 Å². The van der Waals surface area contributed by atoms with Crippen LogP contribution in [0.25, 0.3) is 0 Å². The van der Waals surface area contributed by atoms with Crippen molar-refractivity contribution < 1.29 is 19.5 Å². The van der Waals surface area contributed by atoms with Crippen LogP contribution in [0.4, 0.5) is 0 Å². The number of nitrogens with zero attached hydrogens (tertiary/aromatic N) is 2. The van der Waals surface area contributed by atoms with Gasteiger partial charge in [-0.25, -0.2) is 0 Å². The maximum atomic E-state index is 11.4. The summed E-state index contributed by atoms with van der Waals surface area (Å²) in [5.74, 6) is 0.484. The van der Waals surface area contributed by atoms with Gasteiger partial charge in [0.25, 0.3) is 5.91 Å². The summed E-state index contributed by atoms with van der Waals surface area (Å²) in [7, 11) is 1.51. The molecule has 20 heavy (non-hydrogen) atoms. The van der Waals surface area contributed by atoms with Crippen molar-refractivity contribution in [3.8, 4) is 17.6 Å². The third-order valence-electron chi connectivity index (χ3n) is 2.45. The number of nitrogens with one attached hydrogen (secondary N) is 1. The first-order valence-electron chi connectivity index (χ1n) is 5.76. The molecule has 1 aromatic rings. The van der Waals surface area contributed by atoms with Gasteiger partial charge < -0.3 is 20.0 Å². The molecule has 1 aromatic carbocycles. The summed E-state index contributed by atoms with van der Waals surface area (Å²) in [4.78, 5) is 11.4. The molecule has 7 heteroatoms. The Morgan fingerprint density at radius 2 is 2.30 bits per heavy atom. The average molecular weight is 277 g/mol. The number of hydrogen-bond acceptors (Lipinski definition) is 6. The van der Waals surface area contributed by atoms with E-state index in [2.05, 4.69) is 10.5 Å². The molecule has 0 saturated carbocycles. The van der Waals surface area contributed by atoms with Crippen LogP contribution >= 0.6 is 0 Å². The first-order chi connectivity index (χ1) is 9.62. The van der Waals surface area contributed by atoms with Gasteiger partial charge in [0, 0.05) is 11.6 Å². The molecular weight excluding hydrogens is 262 g/mol. The molecule has 0 saturated heterocycles. The minimum Gasteiger partial charge on any atom is -0.497 e. The molecule has 0 aliphatic carbocycles. The maximum absolute atomic E-state index is 11.4. The molecule has 7 nitrogen and oxygen atoms in total. The van der Waals surface area contributed by atoms with Gasteiger partial charge in [0.1, 0.15) is 18.0 Å². The van der Waals surface area contributed by atoms with E-state index in [0.29, 0.717) is 22.8 Å². The van der Waals surface area contributed by atoms with E-state index in [1.54, 1.807) is 31.2 Å². The third kappa shape index (κ3) is 4.17. The Morgan fingerprint density at radius 1 is 1.55 bits per heavy atom. The van der Waals surface area contributed by atoms with Gasteiger partial charge in [0.15, 0.2) is 6.61 Å². The van der Waals surface area contributed by atoms with Crippen molar-refractivity contribution in [3.63, 3.8) is 0 Å². The van der Waals surface area contributed by atoms with Crippen LogP contribution in [0.3, 0.4) is 0 Å². The molecule has 0 fully saturated rings. The fraction of sp³-hybridized carbons (Fsp3) is 0.308. The van der Waals surface area contributed by atoms with Gasteiger partial charge in [0.2, 0.25) is 0 Å². The maximum Gasteiger partial charge on any atom is 0.258 e. The van der Waals surface area contributed by atoms with Crippen molar-refractivity contribution in [2.24, 2.45) is 5.16 Å². The summed E-state index contributed by atoms with van der Waals surface area (Å²) in [5.41, 5.74) is 0.890. The third-order valence-corrected chi connectivity index (χ3v) is 2.45. The predicted octanol–water partition coefficient (Wildman–Crippen LogP) is 0.912. The number of carbonyl (C=O) groups is 1. The number of hydrogen-bond donors (Lipinski definition) is 2. The van der Waals surface area contributed by atoms with E-state index in [9.17, 15) is 4.79 Å². The zero-order chi connectivity index (χ0) is 15.0. The lowest BCUT2D eigenvalue weighted by Gasteiger charge is -2.12. The van der Waals surface area contributed by atoms with Crippen LogP contribution in [0.1, 0.15) is 12.5 Å². The highest BCUT2D eigenvalue weighted by molar-refractivity contribution is 6.01. The lowest BCUT2D eigenvalue weighted by atomic mass is 10.1. The fourth-order valence-electron chi connectivity index (χ4n) is 1.43. The van der Waals surface area contributed by atoms with E-state index in [4.69, 9.17) is 19.9 Å². The molecule has 0 aliphatic rings. The molecule has 0 aromatic heterocycles. The van der Waals surface area contributed by atoms with Crippen molar-refractivity contribution in [3.05, 3.63) is 23.8 Å². The second-order valence-corrected chi connectivity index (χ2v) is 3.77. The lowest BCUT2D eigenvalue weighted by molar-refractivity contribution is -0.122. The fourth-order valence-corrected chi connectivity index (χ4v) is 1.43. The van der Waals surface area contributed by atoms with E-state index in [1.165, 1.54) is 7.11 Å². The number of benzene rings is 1. The molecule has 1 amide bonds. The van der Waals surface area contributed by atoms with Gasteiger partial charge in [-0.1, -0.05) is 5.16 Å². The molecule has 0 radical (unpaired) electrons. The van der Waals surface area contributed by atoms with Gasteiger partial charge in [-0.2, -0.15) is 5.26 Å². The van der Waals surface area contributed by atoms with Crippen LogP contribution < -0.4 is 14.8 Å². The summed E-state index contributed by atoms with van der Waals surface area (Å²) < 4.78 is 10.4. The van der Waals surface area contributed by atoms with Crippen molar-refractivity contribution in [2.75, 3.05) is 20.3 Å². The van der Waals surface area contributed by atoms with Crippen molar-refractivity contribution >= 4 is 11.6 Å². The van der Waals surface area contributed by atoms with E-state index in [-0.39, 0.29) is 13.2 Å². The van der Waals surface area contributed by atoms with Gasteiger partial charge >= 0.3 is 0 Å². The van der Waals surface area contributed by atoms with Crippen LogP contribution in [0, 0.1) is 11.3 Å². The highest BCUT2D eigenvalue weighted by Gasteiger charge is 2.11. The molecule has 106 valence electrons. The number of methoxy groups -OCH3 is 1. The largest absolute Gasteiger partial charge is 0.497 e. The van der Waals surface area contributed by atoms with Crippen LogP contribution in [0.15, 0.2) is 23.4 Å². The Balaban J connectivity index is 2.86. The molecule has 0 spiro atoms. The quantitative estimate of drug-likeness (QED) is 0.348. The predicted molar refractivity (Wildman–Crippen MR) is 71.1 cm³/mol. The summed E-state index contributed by atoms with van der Waals surface area (Å²) in [6, 6.07) is 6.73. The number of amides is 1. The highest BCUT2D eigenvalue weighted by atomic mass is 16.5. The molecule has 2 N–H and O–H groups in total. The first kappa shape index (κ1) is 15.3. The second-order valence-electron chi connectivity index (χ2n) is 3.77. The van der Waals surface area contributed by atoms with Crippen LogP contribution in [0.5, 0.6) is 11.5 Å². The van der Waals surface area contributed by atoms with E-state index in [1.807, 2.05) is 0 Å². The number of carbonyl (C=O) groups excluding carboxylic acids is 1. The Hall–Kier alpha value is -2.75. The Morgan fingerprint density at radius 3 is 2.90 bits per heavy atom. The zero-order valence-corrected chi connectivity index (χ0v) is 11.2. The topological polar surface area (TPSA) is 104 Å². The smallest absolute Gasteiger partial charge is 0.258 e. The minimum atomic E-state index is -0.418. The zero-order valence-electron chi connectivity index (χ0n) is 11.2. The monoisotopic (exact) mass is 277 g/mol. The molecule has 0 unspecified atom stereocenters. The molecule has 0 atom stereocenters. The lowest BCUT2D eigenvalue weighted by Crippen LogP contribution is -2.29. The summed E-state index contributed by atoms with van der Waals surface area (Å²) in [5, 5.41) is 22.6. The standard InChI is InChI=1S/C13H15N3O4/c1-9(16-18)11-4-3-10(19-2)7-12(11)20-8-13(17)15-6-5-14/h3-4,7,18H,6,8H2,1-2H3,(H,15,17)/b16-9+. The number of oxime groups is 1. The second kappa shape index (κ2) is 7.63. The highest BCUT2D eigenvalue weighted by Crippen LogP contribution is 2.25. The normalized spacial score (nSPS) is 10.6. The van der Waals surface area contributed by atoms with E-state index in [0.717, 1.165) is 0 Å². The minimum absolute atomic E-state index is 0.0791. The number of nitriles is 1. The number of rotatable bonds is 6. The molecule has 1 rings (SSSR count). The Kier molecular flexibility index (Phi) is 5.84.